The minimum absolute atomic E-state index is 0.0372. The van der Waals surface area contributed by atoms with Crippen molar-refractivity contribution in [3.05, 3.63) is 46.5 Å². The van der Waals surface area contributed by atoms with Crippen LogP contribution in [0.4, 0.5) is 0 Å². The first kappa shape index (κ1) is 30.6. The Labute approximate surface area is 216 Å². The van der Waals surface area contributed by atoms with Crippen LogP contribution in [0.15, 0.2) is 34.1 Å². The third kappa shape index (κ3) is 10.4. The van der Waals surface area contributed by atoms with Gasteiger partial charge in [-0.05, 0) is 88.1 Å². The Bertz CT molecular complexity index is 1150. The molecule has 2 aromatic rings. The molecule has 2 aromatic carbocycles. The molecule has 0 aromatic heterocycles. The fourth-order valence-electron chi connectivity index (χ4n) is 2.79. The van der Waals surface area contributed by atoms with Crippen LogP contribution in [-0.4, -0.2) is 46.8 Å². The molecule has 35 heavy (non-hydrogen) atoms. The van der Waals surface area contributed by atoms with Gasteiger partial charge < -0.3 is 18.9 Å². The Morgan fingerprint density at radius 2 is 1.20 bits per heavy atom. The molecule has 0 heterocycles. The molecule has 0 atom stereocenters. The third-order valence-electron chi connectivity index (χ3n) is 4.53. The summed E-state index contributed by atoms with van der Waals surface area (Å²) in [6.07, 6.45) is 0. The lowest BCUT2D eigenvalue weighted by molar-refractivity contribution is -0.146. The molecule has 0 aliphatic heterocycles. The lowest BCUT2D eigenvalue weighted by atomic mass is 10.1. The molecule has 0 saturated carbocycles. The van der Waals surface area contributed by atoms with E-state index in [9.17, 15) is 18.0 Å². The summed E-state index contributed by atoms with van der Waals surface area (Å²) in [6, 6.07) is 6.73. The monoisotopic (exact) mass is 546 g/mol. The second-order valence-electron chi connectivity index (χ2n) is 7.41. The van der Waals surface area contributed by atoms with E-state index in [-0.39, 0.29) is 30.7 Å². The number of rotatable bonds is 9. The van der Waals surface area contributed by atoms with E-state index in [0.717, 1.165) is 16.0 Å². The summed E-state index contributed by atoms with van der Waals surface area (Å²) in [5, 5.41) is 0. The maximum Gasteiger partial charge on any atom is 0.344 e. The average Bonchev–Trinajstić information content (AvgIpc) is 2.76. The van der Waals surface area contributed by atoms with Crippen molar-refractivity contribution >= 4 is 44.3 Å². The van der Waals surface area contributed by atoms with E-state index >= 15 is 0 Å². The largest absolute Gasteiger partial charge is 0.482 e. The van der Waals surface area contributed by atoms with Crippen LogP contribution in [0.1, 0.15) is 36.1 Å². The number of carbonyl (C=O) groups is 2. The Morgan fingerprint density at radius 1 is 0.771 bits per heavy atom. The van der Waals surface area contributed by atoms with Gasteiger partial charge >= 0.3 is 11.9 Å². The minimum atomic E-state index is -3.79. The summed E-state index contributed by atoms with van der Waals surface area (Å²) in [7, 11) is 1.53. The second kappa shape index (κ2) is 14.2. The van der Waals surface area contributed by atoms with E-state index in [4.69, 9.17) is 29.6 Å². The van der Waals surface area contributed by atoms with Crippen LogP contribution in [0.25, 0.3) is 0 Å². The number of hydrogen-bond donors (Lipinski definition) is 1. The molecular formula is C24H31ClO8S2. The Kier molecular flexibility index (Phi) is 12.4. The van der Waals surface area contributed by atoms with Gasteiger partial charge in [0.2, 0.25) is 0 Å². The molecule has 0 fully saturated rings. The number of halogens is 1. The Morgan fingerprint density at radius 3 is 1.63 bits per heavy atom. The fourth-order valence-corrected chi connectivity index (χ4v) is 4.31. The van der Waals surface area contributed by atoms with Gasteiger partial charge in [-0.2, -0.15) is 0 Å². The van der Waals surface area contributed by atoms with E-state index in [1.165, 1.54) is 12.1 Å². The van der Waals surface area contributed by atoms with Crippen LogP contribution in [0.5, 0.6) is 11.5 Å². The van der Waals surface area contributed by atoms with Crippen LogP contribution in [0.3, 0.4) is 0 Å². The summed E-state index contributed by atoms with van der Waals surface area (Å²) < 4.78 is 42.8. The van der Waals surface area contributed by atoms with Gasteiger partial charge in [0.15, 0.2) is 13.2 Å². The van der Waals surface area contributed by atoms with Gasteiger partial charge in [-0.25, -0.2) is 18.0 Å². The highest BCUT2D eigenvalue weighted by atomic mass is 35.7. The molecule has 8 nitrogen and oxygen atoms in total. The SMILES string of the molecule is CCOC(=O)COc1cc(C)c(S(=O)(=O)Cl)cc1C.CCOC(=O)COc1cc(C)c(S)cc1C. The van der Waals surface area contributed by atoms with Crippen molar-refractivity contribution < 1.29 is 37.0 Å². The van der Waals surface area contributed by atoms with Crippen molar-refractivity contribution in [3.63, 3.8) is 0 Å². The quantitative estimate of drug-likeness (QED) is 0.274. The number of carbonyl (C=O) groups excluding carboxylic acids is 2. The molecule has 0 saturated heterocycles. The van der Waals surface area contributed by atoms with E-state index in [1.807, 2.05) is 26.0 Å². The molecular weight excluding hydrogens is 516 g/mol. The molecule has 0 aliphatic carbocycles. The van der Waals surface area contributed by atoms with E-state index < -0.39 is 15.0 Å². The highest BCUT2D eigenvalue weighted by molar-refractivity contribution is 8.13. The van der Waals surface area contributed by atoms with Crippen LogP contribution in [-0.2, 0) is 28.1 Å². The number of ether oxygens (including phenoxy) is 4. The predicted molar refractivity (Wildman–Crippen MR) is 136 cm³/mol. The highest BCUT2D eigenvalue weighted by Crippen LogP contribution is 2.28. The standard InChI is InChI=1S/C12H15ClO5S.C12H16O3S/c1-4-17-12(14)7-18-10-5-9(3)11(6-8(10)2)19(13,15)16;1-4-14-12(13)7-15-10-5-9(3)11(16)6-8(10)2/h5-6H,4,7H2,1-3H3;5-6,16H,4,7H2,1-3H3. The zero-order valence-corrected chi connectivity index (χ0v) is 23.1. The number of thiol groups is 1. The van der Waals surface area contributed by atoms with Gasteiger partial charge in [0, 0.05) is 15.6 Å². The molecule has 0 bridgehead atoms. The summed E-state index contributed by atoms with van der Waals surface area (Å²) in [6.45, 7) is 11.0. The predicted octanol–water partition coefficient (Wildman–Crippen LogP) is 4.71. The van der Waals surface area contributed by atoms with Crippen molar-refractivity contribution in [1.29, 1.82) is 0 Å². The first-order valence-electron chi connectivity index (χ1n) is 10.7. The number of benzene rings is 2. The minimum Gasteiger partial charge on any atom is -0.482 e. The van der Waals surface area contributed by atoms with Crippen LogP contribution in [0.2, 0.25) is 0 Å². The van der Waals surface area contributed by atoms with E-state index in [2.05, 4.69) is 12.6 Å². The number of esters is 2. The van der Waals surface area contributed by atoms with Crippen molar-refractivity contribution in [2.24, 2.45) is 0 Å². The molecule has 0 amide bonds. The van der Waals surface area contributed by atoms with Crippen LogP contribution >= 0.6 is 23.3 Å². The zero-order valence-electron chi connectivity index (χ0n) is 20.6. The topological polar surface area (TPSA) is 105 Å². The first-order chi connectivity index (χ1) is 16.3. The van der Waals surface area contributed by atoms with Crippen molar-refractivity contribution in [2.45, 2.75) is 51.3 Å². The van der Waals surface area contributed by atoms with E-state index in [0.29, 0.717) is 29.2 Å². The molecule has 11 heteroatoms. The Hall–Kier alpha value is -2.43. The highest BCUT2D eigenvalue weighted by Gasteiger charge is 2.16. The molecule has 0 spiro atoms. The zero-order chi connectivity index (χ0) is 26.8. The van der Waals surface area contributed by atoms with Crippen molar-refractivity contribution in [3.8, 4) is 11.5 Å². The molecule has 0 radical (unpaired) electrons. The fraction of sp³-hybridized carbons (Fsp3) is 0.417. The van der Waals surface area contributed by atoms with Crippen LogP contribution in [0, 0.1) is 27.7 Å². The lowest BCUT2D eigenvalue weighted by Gasteiger charge is -2.11. The summed E-state index contributed by atoms with van der Waals surface area (Å²) in [5.74, 6) is 0.293. The normalized spacial score (nSPS) is 10.6. The molecule has 0 N–H and O–H groups in total. The van der Waals surface area contributed by atoms with Gasteiger partial charge in [0.05, 0.1) is 18.1 Å². The maximum absolute atomic E-state index is 11.3. The third-order valence-corrected chi connectivity index (χ3v) is 6.48. The second-order valence-corrected chi connectivity index (χ2v) is 10.4. The average molecular weight is 547 g/mol. The lowest BCUT2D eigenvalue weighted by Crippen LogP contribution is -2.15. The van der Waals surface area contributed by atoms with Gasteiger partial charge in [0.1, 0.15) is 11.5 Å². The van der Waals surface area contributed by atoms with E-state index in [1.54, 1.807) is 27.7 Å². The smallest absolute Gasteiger partial charge is 0.344 e. The summed E-state index contributed by atoms with van der Waals surface area (Å²) in [4.78, 5) is 23.2. The first-order valence-corrected chi connectivity index (χ1v) is 13.5. The molecule has 0 aliphatic rings. The van der Waals surface area contributed by atoms with Gasteiger partial charge in [-0.1, -0.05) is 0 Å². The van der Waals surface area contributed by atoms with Crippen molar-refractivity contribution in [2.75, 3.05) is 26.4 Å². The molecule has 0 unspecified atom stereocenters. The maximum atomic E-state index is 11.3. The summed E-state index contributed by atoms with van der Waals surface area (Å²) in [5.41, 5.74) is 3.02. The summed E-state index contributed by atoms with van der Waals surface area (Å²) >= 11 is 4.31. The number of aryl methyl sites for hydroxylation is 4. The van der Waals surface area contributed by atoms with Crippen molar-refractivity contribution in [1.82, 2.24) is 0 Å². The molecule has 194 valence electrons. The van der Waals surface area contributed by atoms with Gasteiger partial charge in [-0.3, -0.25) is 0 Å². The number of hydrogen-bond acceptors (Lipinski definition) is 9. The molecule has 2 rings (SSSR count). The van der Waals surface area contributed by atoms with Gasteiger partial charge in [0.25, 0.3) is 9.05 Å². The Balaban J connectivity index is 0.000000355. The van der Waals surface area contributed by atoms with Crippen LogP contribution < -0.4 is 9.47 Å². The van der Waals surface area contributed by atoms with Gasteiger partial charge in [-0.15, -0.1) is 12.6 Å².